The average Bonchev–Trinajstić information content (AvgIpc) is 4.19. The van der Waals surface area contributed by atoms with Gasteiger partial charge in [-0.3, -0.25) is 29.9 Å². The maximum absolute atomic E-state index is 5.90. The number of aryl methyl sites for hydroxylation is 8. The molecule has 0 fully saturated rings. The first-order valence-corrected chi connectivity index (χ1v) is 25.3. The zero-order chi connectivity index (χ0) is 52.5. The molecular formula is C59H56ClN11OS2. The minimum absolute atomic E-state index is 0.784. The van der Waals surface area contributed by atoms with Crippen LogP contribution in [0.4, 0.5) is 0 Å². The highest BCUT2D eigenvalue weighted by Gasteiger charge is 2.01. The number of para-hydroxylation sites is 2. The van der Waals surface area contributed by atoms with Crippen molar-refractivity contribution in [3.05, 3.63) is 244 Å². The van der Waals surface area contributed by atoms with Gasteiger partial charge in [0.05, 0.1) is 38.0 Å². The smallest absolute Gasteiger partial charge is 0.135 e. The van der Waals surface area contributed by atoms with E-state index in [1.165, 1.54) is 55.2 Å². The first-order chi connectivity index (χ1) is 35.9. The van der Waals surface area contributed by atoms with Crippen molar-refractivity contribution in [2.24, 2.45) is 0 Å². The number of hydrogen-bond donors (Lipinski definition) is 0. The molecule has 0 N–H and O–H groups in total. The third kappa shape index (κ3) is 18.1. The molecular weight excluding hydrogens is 978 g/mol. The summed E-state index contributed by atoms with van der Waals surface area (Å²) in [5, 5.41) is 11.6. The topological polar surface area (TPSA) is 155 Å². The summed E-state index contributed by atoms with van der Waals surface area (Å²) in [4.78, 5) is 28.5. The summed E-state index contributed by atoms with van der Waals surface area (Å²) >= 11 is 8.91. The van der Waals surface area contributed by atoms with E-state index < -0.39 is 0 Å². The van der Waals surface area contributed by atoms with Gasteiger partial charge < -0.3 is 0 Å². The summed E-state index contributed by atoms with van der Waals surface area (Å²) in [6, 6.07) is 45.6. The second kappa shape index (κ2) is 29.3. The molecule has 0 aliphatic carbocycles. The van der Waals surface area contributed by atoms with E-state index >= 15 is 0 Å². The van der Waals surface area contributed by atoms with Crippen molar-refractivity contribution in [2.75, 3.05) is 0 Å². The number of thiazole rings is 1. The van der Waals surface area contributed by atoms with Crippen molar-refractivity contribution in [1.82, 2.24) is 53.9 Å². The van der Waals surface area contributed by atoms with Crippen molar-refractivity contribution in [2.45, 2.75) is 55.4 Å². The van der Waals surface area contributed by atoms with Gasteiger partial charge in [-0.05, 0) is 189 Å². The van der Waals surface area contributed by atoms with Crippen molar-refractivity contribution < 1.29 is 4.63 Å². The fourth-order valence-electron chi connectivity index (χ4n) is 6.62. The van der Waals surface area contributed by atoms with Crippen molar-refractivity contribution in [3.63, 3.8) is 0 Å². The van der Waals surface area contributed by atoms with Crippen molar-refractivity contribution in [3.8, 4) is 0 Å². The van der Waals surface area contributed by atoms with Crippen LogP contribution in [0, 0.1) is 55.4 Å². The molecule has 0 amide bonds. The second-order valence-corrected chi connectivity index (χ2v) is 18.7. The van der Waals surface area contributed by atoms with E-state index in [0.717, 1.165) is 59.7 Å². The van der Waals surface area contributed by atoms with Gasteiger partial charge in [-0.2, -0.15) is 8.75 Å². The van der Waals surface area contributed by atoms with Gasteiger partial charge in [0.1, 0.15) is 22.1 Å². The van der Waals surface area contributed by atoms with E-state index in [9.17, 15) is 0 Å². The number of aromatic nitrogens is 11. The Hall–Kier alpha value is -8.30. The Morgan fingerprint density at radius 3 is 1.78 bits per heavy atom. The SMILES string of the molecule is Cc1cc(Cl)cc2ccncc12.Cc1ccc2nonc2c1.Cc1cccc2nccnc12.Cc1cccc2nsnc12.Cc1ccccn1.Cc1cccnc1.Cc1ccncc1.Cc1nc2ccccc2s1. The standard InChI is InChI=1S/C10H8ClN.C9H8N2.C8H7NS.C7H6N2O.C7H6N2S.3C6H7N/c1-7-4-9(11)5-8-2-3-12-6-10(7)8;1-7-3-2-4-8-9(7)11-6-5-10-8;1-6-9-7-4-2-3-5-8(7)10-6;1-5-2-3-6-7(4-5)9-10-8-6;1-5-3-2-4-6-7(5)9-10-8-6;1-6-2-4-7-5-3-6;1-6-3-2-4-7-5-6;1-6-4-2-3-5-7-6/h2-6H,1H3;2-6H,1H3;2-5H,1H3;2*2-4H,1H3;3*2-5H,1H3. The van der Waals surface area contributed by atoms with Crippen LogP contribution in [0.5, 0.6) is 0 Å². The molecule has 74 heavy (non-hydrogen) atoms. The maximum Gasteiger partial charge on any atom is 0.135 e. The molecule has 0 atom stereocenters. The lowest BCUT2D eigenvalue weighted by Gasteiger charge is -2.00. The van der Waals surface area contributed by atoms with Crippen molar-refractivity contribution >= 4 is 88.8 Å². The van der Waals surface area contributed by atoms with E-state index in [0.29, 0.717) is 0 Å². The molecule has 372 valence electrons. The quantitative estimate of drug-likeness (QED) is 0.142. The van der Waals surface area contributed by atoms with Gasteiger partial charge in [-0.25, -0.2) is 9.61 Å². The van der Waals surface area contributed by atoms with Gasteiger partial charge in [0.2, 0.25) is 0 Å². The van der Waals surface area contributed by atoms with Crippen LogP contribution >= 0.6 is 34.7 Å². The second-order valence-electron chi connectivity index (χ2n) is 16.5. The molecule has 13 aromatic rings. The van der Waals surface area contributed by atoms with Gasteiger partial charge in [0, 0.05) is 71.9 Å². The predicted molar refractivity (Wildman–Crippen MR) is 306 cm³/mol. The van der Waals surface area contributed by atoms with E-state index in [1.807, 2.05) is 201 Å². The van der Waals surface area contributed by atoms with Crippen LogP contribution in [0.25, 0.3) is 54.1 Å². The monoisotopic (exact) mass is 1030 g/mol. The summed E-state index contributed by atoms with van der Waals surface area (Å²) < 4.78 is 14.1. The van der Waals surface area contributed by atoms with E-state index in [1.54, 1.807) is 54.7 Å². The molecule has 0 radical (unpaired) electrons. The Morgan fingerprint density at radius 2 is 1.14 bits per heavy atom. The van der Waals surface area contributed by atoms with Crippen LogP contribution in [-0.4, -0.2) is 53.9 Å². The number of rotatable bonds is 0. The summed E-state index contributed by atoms with van der Waals surface area (Å²) in [5.74, 6) is 0. The molecule has 13 rings (SSSR count). The van der Waals surface area contributed by atoms with E-state index in [-0.39, 0.29) is 0 Å². The molecule has 0 aliphatic heterocycles. The van der Waals surface area contributed by atoms with Crippen LogP contribution in [0.2, 0.25) is 5.02 Å². The van der Waals surface area contributed by atoms with Crippen LogP contribution in [-0.2, 0) is 0 Å². The maximum atomic E-state index is 5.90. The fraction of sp³-hybridized carbons (Fsp3) is 0.136. The number of fused-ring (bicyclic) bond motifs is 5. The molecule has 0 unspecified atom stereocenters. The molecule has 12 nitrogen and oxygen atoms in total. The highest BCUT2D eigenvalue weighted by Crippen LogP contribution is 2.22. The Bertz CT molecular complexity index is 3580. The Labute approximate surface area is 444 Å². The Balaban J connectivity index is 0.000000139. The number of halogens is 1. The summed E-state index contributed by atoms with van der Waals surface area (Å²) in [7, 11) is 0. The van der Waals surface area contributed by atoms with E-state index in [2.05, 4.69) is 64.6 Å². The van der Waals surface area contributed by atoms with E-state index in [4.69, 9.17) is 11.6 Å². The fourth-order valence-corrected chi connectivity index (χ4v) is 8.32. The Morgan fingerprint density at radius 1 is 0.432 bits per heavy atom. The summed E-state index contributed by atoms with van der Waals surface area (Å²) in [6.07, 6.45) is 16.0. The molecule has 0 spiro atoms. The highest BCUT2D eigenvalue weighted by molar-refractivity contribution is 7.18. The van der Waals surface area contributed by atoms with Crippen molar-refractivity contribution in [1.29, 1.82) is 0 Å². The van der Waals surface area contributed by atoms with Gasteiger partial charge in [-0.15, -0.1) is 11.3 Å². The number of hydrogen-bond acceptors (Lipinski definition) is 14. The minimum Gasteiger partial charge on any atom is -0.265 e. The van der Waals surface area contributed by atoms with Crippen LogP contribution in [0.3, 0.4) is 0 Å². The lowest BCUT2D eigenvalue weighted by Crippen LogP contribution is -1.83. The molecule has 8 aromatic heterocycles. The van der Waals surface area contributed by atoms with Crippen LogP contribution < -0.4 is 0 Å². The highest BCUT2D eigenvalue weighted by atomic mass is 35.5. The average molecular weight is 1030 g/mol. The molecule has 5 aromatic carbocycles. The summed E-state index contributed by atoms with van der Waals surface area (Å²) in [5.41, 5.74) is 15.0. The molecule has 15 heteroatoms. The van der Waals surface area contributed by atoms with Gasteiger partial charge in [0.25, 0.3) is 0 Å². The number of pyridine rings is 4. The third-order valence-corrected chi connectivity index (χ3v) is 12.1. The molecule has 0 aliphatic rings. The zero-order valence-electron chi connectivity index (χ0n) is 42.5. The number of nitrogens with zero attached hydrogens (tertiary/aromatic N) is 11. The molecule has 8 heterocycles. The molecule has 0 bridgehead atoms. The van der Waals surface area contributed by atoms with Gasteiger partial charge in [0.15, 0.2) is 0 Å². The van der Waals surface area contributed by atoms with Gasteiger partial charge >= 0.3 is 0 Å². The van der Waals surface area contributed by atoms with Crippen LogP contribution in [0.15, 0.2) is 200 Å². The largest absolute Gasteiger partial charge is 0.265 e. The van der Waals surface area contributed by atoms with Crippen LogP contribution in [0.1, 0.15) is 44.1 Å². The third-order valence-electron chi connectivity index (χ3n) is 10.4. The zero-order valence-corrected chi connectivity index (χ0v) is 44.9. The number of benzene rings is 5. The normalized spacial score (nSPS) is 9.96. The first-order valence-electron chi connectivity index (χ1n) is 23.4. The minimum atomic E-state index is 0.784. The molecule has 0 saturated carbocycles. The lowest BCUT2D eigenvalue weighted by molar-refractivity contribution is 0.315. The summed E-state index contributed by atoms with van der Waals surface area (Å²) in [6.45, 7) is 16.2. The first kappa shape index (κ1) is 55.0. The predicted octanol–water partition coefficient (Wildman–Crippen LogP) is 15.4. The molecule has 0 saturated heterocycles. The Kier molecular flexibility index (Phi) is 21.8. The van der Waals surface area contributed by atoms with Gasteiger partial charge in [-0.1, -0.05) is 66.2 Å². The lowest BCUT2D eigenvalue weighted by atomic mass is 10.1.